The van der Waals surface area contributed by atoms with Crippen LogP contribution < -0.4 is 10.6 Å². The van der Waals surface area contributed by atoms with E-state index < -0.39 is 5.54 Å². The fourth-order valence-corrected chi connectivity index (χ4v) is 2.37. The summed E-state index contributed by atoms with van der Waals surface area (Å²) in [6.45, 7) is 3.79. The molecule has 138 valence electrons. The molecular weight excluding hydrogens is 312 g/mol. The molecule has 2 aliphatic rings. The fraction of sp³-hybridized carbons (Fsp3) is 0.882. The summed E-state index contributed by atoms with van der Waals surface area (Å²) in [7, 11) is 1.56. The van der Waals surface area contributed by atoms with Gasteiger partial charge in [-0.3, -0.25) is 9.59 Å². The Kier molecular flexibility index (Phi) is 7.45. The van der Waals surface area contributed by atoms with Crippen molar-refractivity contribution in [3.8, 4) is 0 Å². The summed E-state index contributed by atoms with van der Waals surface area (Å²) >= 11 is 0. The predicted octanol–water partition coefficient (Wildman–Crippen LogP) is 0.477. The topological polar surface area (TPSA) is 85.9 Å². The third kappa shape index (κ3) is 8.08. The van der Waals surface area contributed by atoms with E-state index in [1.165, 1.54) is 25.7 Å². The molecule has 0 unspecified atom stereocenters. The van der Waals surface area contributed by atoms with Crippen LogP contribution in [-0.2, 0) is 23.8 Å². The lowest BCUT2D eigenvalue weighted by Gasteiger charge is -2.30. The molecule has 0 saturated heterocycles. The summed E-state index contributed by atoms with van der Waals surface area (Å²) in [5.74, 6) is 0.871. The number of hydrogen-bond donors (Lipinski definition) is 2. The van der Waals surface area contributed by atoms with E-state index in [2.05, 4.69) is 10.6 Å². The second-order valence-electron chi connectivity index (χ2n) is 7.24. The van der Waals surface area contributed by atoms with Crippen LogP contribution in [0, 0.1) is 11.8 Å². The molecule has 2 saturated carbocycles. The number of carbonyl (C=O) groups excluding carboxylic acids is 2. The van der Waals surface area contributed by atoms with Crippen LogP contribution in [0.2, 0.25) is 0 Å². The minimum absolute atomic E-state index is 0.0360. The van der Waals surface area contributed by atoms with Crippen molar-refractivity contribution in [2.75, 3.05) is 46.7 Å². The van der Waals surface area contributed by atoms with Crippen molar-refractivity contribution in [1.29, 1.82) is 0 Å². The highest BCUT2D eigenvalue weighted by atomic mass is 16.5. The molecule has 0 aromatic carbocycles. The zero-order valence-electron chi connectivity index (χ0n) is 14.8. The van der Waals surface area contributed by atoms with Crippen LogP contribution in [0.5, 0.6) is 0 Å². The SMILES string of the molecule is COC[C@@](C)(CNC(=O)COCC1CC1)NC(=O)COCC1CC1. The fourth-order valence-electron chi connectivity index (χ4n) is 2.37. The van der Waals surface area contributed by atoms with Gasteiger partial charge in [0, 0.05) is 13.7 Å². The number of nitrogens with one attached hydrogen (secondary N) is 2. The molecule has 2 N–H and O–H groups in total. The van der Waals surface area contributed by atoms with E-state index in [0.29, 0.717) is 31.7 Å². The van der Waals surface area contributed by atoms with E-state index in [-0.39, 0.29) is 31.6 Å². The summed E-state index contributed by atoms with van der Waals surface area (Å²) in [4.78, 5) is 23.8. The summed E-state index contributed by atoms with van der Waals surface area (Å²) < 4.78 is 15.9. The largest absolute Gasteiger partial charge is 0.382 e. The number of carbonyl (C=O) groups is 2. The van der Waals surface area contributed by atoms with Gasteiger partial charge in [-0.2, -0.15) is 0 Å². The van der Waals surface area contributed by atoms with Gasteiger partial charge in [0.2, 0.25) is 11.8 Å². The zero-order valence-corrected chi connectivity index (χ0v) is 14.8. The van der Waals surface area contributed by atoms with Crippen molar-refractivity contribution in [3.63, 3.8) is 0 Å². The molecule has 0 aromatic heterocycles. The maximum Gasteiger partial charge on any atom is 0.246 e. The molecule has 0 spiro atoms. The van der Waals surface area contributed by atoms with Crippen molar-refractivity contribution in [2.45, 2.75) is 38.1 Å². The van der Waals surface area contributed by atoms with Crippen molar-refractivity contribution in [2.24, 2.45) is 11.8 Å². The lowest BCUT2D eigenvalue weighted by atomic mass is 10.0. The van der Waals surface area contributed by atoms with Gasteiger partial charge >= 0.3 is 0 Å². The molecule has 2 fully saturated rings. The predicted molar refractivity (Wildman–Crippen MR) is 88.5 cm³/mol. The summed E-state index contributed by atoms with van der Waals surface area (Å²) in [6.07, 6.45) is 4.78. The zero-order chi connectivity index (χ0) is 17.4. The first-order valence-electron chi connectivity index (χ1n) is 8.73. The molecule has 7 heteroatoms. The van der Waals surface area contributed by atoms with Crippen LogP contribution in [0.4, 0.5) is 0 Å². The molecular formula is C17H30N2O5. The number of hydrogen-bond acceptors (Lipinski definition) is 5. The normalized spacial score (nSPS) is 19.6. The third-order valence-electron chi connectivity index (χ3n) is 4.15. The first-order chi connectivity index (χ1) is 11.5. The van der Waals surface area contributed by atoms with E-state index in [1.54, 1.807) is 7.11 Å². The molecule has 0 aromatic rings. The van der Waals surface area contributed by atoms with Crippen LogP contribution in [0.3, 0.4) is 0 Å². The molecule has 0 radical (unpaired) electrons. The van der Waals surface area contributed by atoms with Gasteiger partial charge in [0.1, 0.15) is 13.2 Å². The monoisotopic (exact) mass is 342 g/mol. The Morgan fingerprint density at radius 2 is 1.54 bits per heavy atom. The average Bonchev–Trinajstić information content (AvgIpc) is 3.40. The van der Waals surface area contributed by atoms with E-state index in [0.717, 1.165) is 0 Å². The minimum atomic E-state index is -0.680. The number of amides is 2. The molecule has 1 atom stereocenters. The van der Waals surface area contributed by atoms with Gasteiger partial charge in [-0.15, -0.1) is 0 Å². The summed E-state index contributed by atoms with van der Waals surface area (Å²) in [5, 5.41) is 5.68. The average molecular weight is 342 g/mol. The van der Waals surface area contributed by atoms with E-state index in [9.17, 15) is 9.59 Å². The van der Waals surface area contributed by atoms with Gasteiger partial charge in [0.05, 0.1) is 25.4 Å². The smallest absolute Gasteiger partial charge is 0.246 e. The Morgan fingerprint density at radius 1 is 1.00 bits per heavy atom. The minimum Gasteiger partial charge on any atom is -0.382 e. The van der Waals surface area contributed by atoms with Gasteiger partial charge in [0.15, 0.2) is 0 Å². The lowest BCUT2D eigenvalue weighted by molar-refractivity contribution is -0.130. The molecule has 0 bridgehead atoms. The third-order valence-corrected chi connectivity index (χ3v) is 4.15. The van der Waals surface area contributed by atoms with E-state index >= 15 is 0 Å². The Balaban J connectivity index is 1.64. The Bertz CT molecular complexity index is 423. The Hall–Kier alpha value is -1.18. The Labute approximate surface area is 143 Å². The molecule has 0 heterocycles. The maximum atomic E-state index is 12.0. The van der Waals surface area contributed by atoms with Crippen LogP contribution in [0.1, 0.15) is 32.6 Å². The van der Waals surface area contributed by atoms with Crippen LogP contribution in [0.25, 0.3) is 0 Å². The summed E-state index contributed by atoms with van der Waals surface area (Å²) in [6, 6.07) is 0. The van der Waals surface area contributed by atoms with Crippen molar-refractivity contribution in [3.05, 3.63) is 0 Å². The highest BCUT2D eigenvalue weighted by Gasteiger charge is 2.28. The summed E-state index contributed by atoms with van der Waals surface area (Å²) in [5.41, 5.74) is -0.680. The maximum absolute atomic E-state index is 12.0. The van der Waals surface area contributed by atoms with Gasteiger partial charge in [-0.05, 0) is 44.4 Å². The van der Waals surface area contributed by atoms with Gasteiger partial charge in [-0.25, -0.2) is 0 Å². The van der Waals surface area contributed by atoms with Crippen LogP contribution in [0.15, 0.2) is 0 Å². The first kappa shape index (κ1) is 19.1. The van der Waals surface area contributed by atoms with Crippen LogP contribution in [-0.4, -0.2) is 64.0 Å². The quantitative estimate of drug-likeness (QED) is 0.508. The second kappa shape index (κ2) is 9.34. The molecule has 0 aliphatic heterocycles. The van der Waals surface area contributed by atoms with Crippen LogP contribution >= 0.6 is 0 Å². The molecule has 2 amide bonds. The van der Waals surface area contributed by atoms with Gasteiger partial charge < -0.3 is 24.8 Å². The highest BCUT2D eigenvalue weighted by Crippen LogP contribution is 2.29. The van der Waals surface area contributed by atoms with Crippen molar-refractivity contribution < 1.29 is 23.8 Å². The number of ether oxygens (including phenoxy) is 3. The molecule has 2 rings (SSSR count). The highest BCUT2D eigenvalue weighted by molar-refractivity contribution is 5.79. The molecule has 24 heavy (non-hydrogen) atoms. The Morgan fingerprint density at radius 3 is 2.04 bits per heavy atom. The van der Waals surface area contributed by atoms with Gasteiger partial charge in [-0.1, -0.05) is 0 Å². The van der Waals surface area contributed by atoms with Crippen molar-refractivity contribution in [1.82, 2.24) is 10.6 Å². The first-order valence-corrected chi connectivity index (χ1v) is 8.73. The lowest BCUT2D eigenvalue weighted by Crippen LogP contribution is -2.57. The number of methoxy groups -OCH3 is 1. The number of rotatable bonds is 13. The van der Waals surface area contributed by atoms with E-state index in [4.69, 9.17) is 14.2 Å². The second-order valence-corrected chi connectivity index (χ2v) is 7.24. The molecule has 7 nitrogen and oxygen atoms in total. The van der Waals surface area contributed by atoms with Gasteiger partial charge in [0.25, 0.3) is 0 Å². The van der Waals surface area contributed by atoms with Crippen molar-refractivity contribution >= 4 is 11.8 Å². The molecule has 2 aliphatic carbocycles. The standard InChI is InChI=1S/C17H30N2O5/c1-17(12-22-2,19-16(21)10-24-8-14-5-6-14)11-18-15(20)9-23-7-13-3-4-13/h13-14H,3-12H2,1-2H3,(H,18,20)(H,19,21)/t17-/m1/s1. The van der Waals surface area contributed by atoms with E-state index in [1.807, 2.05) is 6.92 Å².